The van der Waals surface area contributed by atoms with E-state index in [0.717, 1.165) is 48.5 Å². The summed E-state index contributed by atoms with van der Waals surface area (Å²) in [6.45, 7) is 0. The van der Waals surface area contributed by atoms with Gasteiger partial charge in [0.1, 0.15) is 25.9 Å². The maximum Gasteiger partial charge on any atom is 3.00 e. The van der Waals surface area contributed by atoms with Crippen molar-refractivity contribution in [3.63, 3.8) is 0 Å². The van der Waals surface area contributed by atoms with Crippen LogP contribution in [0.2, 0.25) is 0 Å². The average Bonchev–Trinajstić information content (AvgIpc) is 2.87. The van der Waals surface area contributed by atoms with Gasteiger partial charge in [0.25, 0.3) is 5.69 Å². The Labute approximate surface area is 269 Å². The number of phenolic OH excluding ortho intramolecular Hbond substituents is 1. The predicted octanol–water partition coefficient (Wildman–Crippen LogP) is 1.85. The van der Waals surface area contributed by atoms with Crippen molar-refractivity contribution in [3.05, 3.63) is 76.5 Å². The Bertz CT molecular complexity index is 1970. The Morgan fingerprint density at radius 3 is 1.95 bits per heavy atom. The average molecular weight is 659 g/mol. The van der Waals surface area contributed by atoms with Crippen molar-refractivity contribution < 1.29 is 88.0 Å². The van der Waals surface area contributed by atoms with E-state index in [1.54, 1.807) is 0 Å². The van der Waals surface area contributed by atoms with Crippen LogP contribution < -0.4 is 34.7 Å². The fourth-order valence-electron chi connectivity index (χ4n) is 3.39. The maximum atomic E-state index is 12.1. The minimum Gasteiger partial charge on any atom is -0.871 e. The quantitative estimate of drug-likeness (QED) is 0.0988. The van der Waals surface area contributed by atoms with Gasteiger partial charge < -0.3 is 25.1 Å². The van der Waals surface area contributed by atoms with Gasteiger partial charge in [0.2, 0.25) is 0 Å². The van der Waals surface area contributed by atoms with E-state index in [9.17, 15) is 46.3 Å². The van der Waals surface area contributed by atoms with Gasteiger partial charge in [0, 0.05) is 22.9 Å². The standard InChI is InChI=1S/C22H15N6O10S2.Cr.Na/c23-16-7-6-14-15(20(16)26-25-17-8-3-12(28(31)32)9-18(17)29)10-19(40(36,37)38)21(22(14)30)27-24-11-1-4-13(5-2-11)39(33,34)35;;/h1-10H,(H5-,23,24,25,26,27,29,30,33,34,35,36,37,38);;/q-1;+3;+1/p-3. The van der Waals surface area contributed by atoms with Crippen LogP contribution in [0.15, 0.2) is 90.9 Å². The summed E-state index contributed by atoms with van der Waals surface area (Å²) in [5.74, 6) is -1.70. The van der Waals surface area contributed by atoms with Crippen molar-refractivity contribution in [1.29, 1.82) is 0 Å². The van der Waals surface area contributed by atoms with Crippen LogP contribution in [0.5, 0.6) is 11.5 Å². The van der Waals surface area contributed by atoms with Gasteiger partial charge in [0.15, 0.2) is 5.75 Å². The number of nitrogens with one attached hydrogen (secondary N) is 1. The van der Waals surface area contributed by atoms with Gasteiger partial charge in [0.05, 0.1) is 31.8 Å². The number of phenols is 1. The molecule has 42 heavy (non-hydrogen) atoms. The van der Waals surface area contributed by atoms with Crippen LogP contribution >= 0.6 is 0 Å². The summed E-state index contributed by atoms with van der Waals surface area (Å²) in [5.41, 5.74) is 5.76. The molecule has 0 spiro atoms. The molecule has 0 aromatic heterocycles. The zero-order chi connectivity index (χ0) is 29.4. The third kappa shape index (κ3) is 7.46. The number of non-ortho nitro benzene ring substituents is 1. The normalized spacial score (nSPS) is 11.9. The van der Waals surface area contributed by atoms with Crippen LogP contribution in [-0.2, 0) is 37.6 Å². The summed E-state index contributed by atoms with van der Waals surface area (Å²) < 4.78 is 69.4. The van der Waals surface area contributed by atoms with E-state index in [2.05, 4.69) is 20.5 Å². The van der Waals surface area contributed by atoms with Crippen molar-refractivity contribution in [1.82, 2.24) is 0 Å². The molecule has 0 saturated carbocycles. The maximum absolute atomic E-state index is 12.1. The smallest absolute Gasteiger partial charge is 0.871 e. The molecule has 4 aromatic rings. The number of nitrogens with zero attached hydrogens (tertiary/aromatic N) is 5. The Morgan fingerprint density at radius 2 is 1.40 bits per heavy atom. The summed E-state index contributed by atoms with van der Waals surface area (Å²) >= 11 is 0. The largest absolute Gasteiger partial charge is 3.00 e. The van der Waals surface area contributed by atoms with E-state index < -0.39 is 57.8 Å². The second-order valence-electron chi connectivity index (χ2n) is 7.84. The molecular weight excluding hydrogens is 647 g/mol. The molecule has 0 unspecified atom stereocenters. The first-order valence-corrected chi connectivity index (χ1v) is 13.3. The van der Waals surface area contributed by atoms with Crippen LogP contribution in [0, 0.1) is 10.1 Å². The molecule has 0 bridgehead atoms. The fourth-order valence-corrected chi connectivity index (χ4v) is 4.50. The van der Waals surface area contributed by atoms with E-state index in [1.165, 1.54) is 6.07 Å². The van der Waals surface area contributed by atoms with Crippen molar-refractivity contribution in [3.8, 4) is 11.5 Å². The molecule has 4 aromatic carbocycles. The summed E-state index contributed by atoms with van der Waals surface area (Å²) in [6, 6.07) is 9.84. The molecular formula is C22H12CrN6NaO10S2. The van der Waals surface area contributed by atoms with Crippen molar-refractivity contribution >= 4 is 65.1 Å². The molecule has 0 heterocycles. The number of rotatable bonds is 7. The molecule has 20 heteroatoms. The monoisotopic (exact) mass is 659 g/mol. The van der Waals surface area contributed by atoms with E-state index in [1.807, 2.05) is 0 Å². The molecule has 4 rings (SSSR count). The number of hydrogen-bond donors (Lipinski definition) is 1. The van der Waals surface area contributed by atoms with Gasteiger partial charge in [-0.25, -0.2) is 16.8 Å². The van der Waals surface area contributed by atoms with Crippen LogP contribution in [-0.4, -0.2) is 36.0 Å². The van der Waals surface area contributed by atoms with Crippen molar-refractivity contribution in [2.45, 2.75) is 9.79 Å². The summed E-state index contributed by atoms with van der Waals surface area (Å²) in [4.78, 5) is 8.42. The minimum absolute atomic E-state index is 0. The number of aromatic hydroxyl groups is 1. The Hall–Kier alpha value is -3.51. The van der Waals surface area contributed by atoms with Gasteiger partial charge in [-0.3, -0.25) is 10.1 Å². The number of azo groups is 2. The summed E-state index contributed by atoms with van der Waals surface area (Å²) in [7, 11) is -10.1. The molecule has 16 nitrogen and oxygen atoms in total. The summed E-state index contributed by atoms with van der Waals surface area (Å²) in [6.07, 6.45) is 0. The molecule has 0 aliphatic rings. The number of nitro groups is 1. The van der Waals surface area contributed by atoms with Gasteiger partial charge in [-0.1, -0.05) is 17.9 Å². The van der Waals surface area contributed by atoms with Gasteiger partial charge in [-0.05, 0) is 36.4 Å². The molecule has 1 radical (unpaired) electrons. The number of fused-ring (bicyclic) bond motifs is 1. The van der Waals surface area contributed by atoms with Gasteiger partial charge >= 0.3 is 46.9 Å². The van der Waals surface area contributed by atoms with Crippen LogP contribution in [0.1, 0.15) is 0 Å². The number of nitro benzene ring substituents is 1. The molecule has 209 valence electrons. The summed E-state index contributed by atoms with van der Waals surface area (Å²) in [5, 5.41) is 48.2. The van der Waals surface area contributed by atoms with E-state index in [4.69, 9.17) is 5.73 Å². The first kappa shape index (κ1) is 34.7. The van der Waals surface area contributed by atoms with Gasteiger partial charge in [-0.15, -0.1) is 10.8 Å². The third-order valence-electron chi connectivity index (χ3n) is 5.28. The SMILES string of the molecule is [Cr+3].[NH-]c1ccc2c(O)c(N=Nc3ccc(S(=O)(=O)[O-])cc3)c(S(=O)(=O)[O-])cc2c1N=Nc1ccc([N+](=O)[O-])cc1[O-].[Na+]. The Kier molecular flexibility index (Phi) is 10.9. The van der Waals surface area contributed by atoms with Crippen molar-refractivity contribution in [2.75, 3.05) is 0 Å². The number of benzene rings is 4. The molecule has 0 saturated heterocycles. The minimum atomic E-state index is -5.33. The first-order chi connectivity index (χ1) is 18.7. The topological polar surface area (TPSA) is 274 Å². The van der Waals surface area contributed by atoms with E-state index >= 15 is 0 Å². The molecule has 0 amide bonds. The second kappa shape index (κ2) is 13.2. The predicted molar refractivity (Wildman–Crippen MR) is 133 cm³/mol. The molecule has 2 N–H and O–H groups in total. The van der Waals surface area contributed by atoms with Gasteiger partial charge in [-0.2, -0.15) is 15.3 Å². The number of hydrogen-bond acceptors (Lipinski definition) is 14. The third-order valence-corrected chi connectivity index (χ3v) is 6.98. The fraction of sp³-hybridized carbons (Fsp3) is 0. The first-order valence-electron chi connectivity index (χ1n) is 10.5. The van der Waals surface area contributed by atoms with Crippen LogP contribution in [0.3, 0.4) is 0 Å². The van der Waals surface area contributed by atoms with Crippen LogP contribution in [0.25, 0.3) is 16.5 Å². The zero-order valence-electron chi connectivity index (χ0n) is 20.9. The molecule has 0 aliphatic carbocycles. The van der Waals surface area contributed by atoms with E-state index in [-0.39, 0.29) is 80.4 Å². The Morgan fingerprint density at radius 1 is 0.786 bits per heavy atom. The van der Waals surface area contributed by atoms with E-state index in [0.29, 0.717) is 6.07 Å². The van der Waals surface area contributed by atoms with Crippen LogP contribution in [0.4, 0.5) is 34.1 Å². The van der Waals surface area contributed by atoms with Crippen molar-refractivity contribution in [2.24, 2.45) is 20.5 Å². The zero-order valence-corrected chi connectivity index (χ0v) is 25.8. The Balaban J connectivity index is 0.00000308. The molecule has 0 aliphatic heterocycles. The second-order valence-corrected chi connectivity index (χ2v) is 10.6. The molecule has 0 fully saturated rings. The molecule has 0 atom stereocenters.